The molecule has 0 saturated carbocycles. The molecule has 21 heavy (non-hydrogen) atoms. The van der Waals surface area contributed by atoms with Crippen LogP contribution in [0.25, 0.3) is 0 Å². The maximum atomic E-state index is 12.6. The Bertz CT molecular complexity index is 728. The van der Waals surface area contributed by atoms with Crippen LogP contribution in [-0.4, -0.2) is 4.98 Å². The van der Waals surface area contributed by atoms with Crippen LogP contribution in [0.15, 0.2) is 34.8 Å². The molecule has 0 aliphatic rings. The van der Waals surface area contributed by atoms with Crippen molar-refractivity contribution in [2.24, 2.45) is 0 Å². The Morgan fingerprint density at radius 1 is 1.24 bits per heavy atom. The second-order valence-corrected chi connectivity index (χ2v) is 5.13. The van der Waals surface area contributed by atoms with Crippen molar-refractivity contribution < 1.29 is 17.9 Å². The smallest absolute Gasteiger partial charge is 0.433 e. The third-order valence-corrected chi connectivity index (χ3v) is 3.23. The van der Waals surface area contributed by atoms with Crippen LogP contribution in [0.4, 0.5) is 13.2 Å². The highest BCUT2D eigenvalue weighted by molar-refractivity contribution is 9.10. The van der Waals surface area contributed by atoms with E-state index >= 15 is 0 Å². The first kappa shape index (κ1) is 15.6. The Balaban J connectivity index is 2.45. The Morgan fingerprint density at radius 2 is 1.95 bits per heavy atom. The minimum absolute atomic E-state index is 0.107. The van der Waals surface area contributed by atoms with E-state index in [9.17, 15) is 13.2 Å². The van der Waals surface area contributed by atoms with Crippen molar-refractivity contribution in [2.45, 2.75) is 6.18 Å². The number of rotatable bonds is 2. The molecule has 1 aromatic carbocycles. The summed E-state index contributed by atoms with van der Waals surface area (Å²) in [4.78, 5) is 3.35. The summed E-state index contributed by atoms with van der Waals surface area (Å²) in [6, 6.07) is 7.93. The first-order valence-corrected chi connectivity index (χ1v) is 6.59. The molecule has 0 N–H and O–H groups in total. The van der Waals surface area contributed by atoms with E-state index in [1.54, 1.807) is 6.07 Å². The lowest BCUT2D eigenvalue weighted by Gasteiger charge is -2.11. The van der Waals surface area contributed by atoms with Gasteiger partial charge in [0, 0.05) is 5.02 Å². The SMILES string of the molecule is N#Cc1ccc(C(F)(F)F)nc1Oc1ccc(Cl)cc1Br. The highest BCUT2D eigenvalue weighted by Gasteiger charge is 2.33. The molecule has 0 fully saturated rings. The summed E-state index contributed by atoms with van der Waals surface area (Å²) in [7, 11) is 0. The Hall–Kier alpha value is -1.78. The van der Waals surface area contributed by atoms with Gasteiger partial charge in [0.25, 0.3) is 0 Å². The number of nitrogens with zero attached hydrogens (tertiary/aromatic N) is 2. The number of halogens is 5. The van der Waals surface area contributed by atoms with E-state index < -0.39 is 17.8 Å². The Kier molecular flexibility index (Phi) is 4.40. The molecule has 2 rings (SSSR count). The van der Waals surface area contributed by atoms with Gasteiger partial charge in [-0.25, -0.2) is 4.98 Å². The van der Waals surface area contributed by atoms with Crippen molar-refractivity contribution in [3.05, 3.63) is 51.1 Å². The molecule has 0 aliphatic carbocycles. The van der Waals surface area contributed by atoms with Crippen LogP contribution in [0.5, 0.6) is 11.6 Å². The van der Waals surface area contributed by atoms with E-state index in [2.05, 4.69) is 20.9 Å². The average molecular weight is 378 g/mol. The number of pyridine rings is 1. The van der Waals surface area contributed by atoms with Gasteiger partial charge < -0.3 is 4.74 Å². The summed E-state index contributed by atoms with van der Waals surface area (Å²) in [5.41, 5.74) is -1.24. The van der Waals surface area contributed by atoms with E-state index in [-0.39, 0.29) is 11.3 Å². The number of ether oxygens (including phenoxy) is 1. The van der Waals surface area contributed by atoms with Gasteiger partial charge in [-0.05, 0) is 46.3 Å². The molecule has 2 aromatic rings. The van der Waals surface area contributed by atoms with Gasteiger partial charge in [0.1, 0.15) is 23.1 Å². The third-order valence-electron chi connectivity index (χ3n) is 2.37. The van der Waals surface area contributed by atoms with Gasteiger partial charge in [0.2, 0.25) is 5.88 Å². The fraction of sp³-hybridized carbons (Fsp3) is 0.0769. The third kappa shape index (κ3) is 3.65. The molecule has 108 valence electrons. The second kappa shape index (κ2) is 5.92. The van der Waals surface area contributed by atoms with Crippen molar-refractivity contribution in [2.75, 3.05) is 0 Å². The normalized spacial score (nSPS) is 11.0. The van der Waals surface area contributed by atoms with Crippen LogP contribution < -0.4 is 4.74 Å². The maximum Gasteiger partial charge on any atom is 0.433 e. The zero-order valence-electron chi connectivity index (χ0n) is 10.1. The van der Waals surface area contributed by atoms with Crippen molar-refractivity contribution in [1.82, 2.24) is 4.98 Å². The monoisotopic (exact) mass is 376 g/mol. The molecule has 3 nitrogen and oxygen atoms in total. The molecule has 1 heterocycles. The standard InChI is InChI=1S/C13H5BrClF3N2O/c14-9-5-8(15)2-3-10(9)21-12-7(6-19)1-4-11(20-12)13(16,17)18/h1-5H. The molecule has 0 aliphatic heterocycles. The van der Waals surface area contributed by atoms with E-state index in [0.29, 0.717) is 9.50 Å². The molecule has 0 unspecified atom stereocenters. The molecule has 0 radical (unpaired) electrons. The van der Waals surface area contributed by atoms with E-state index in [0.717, 1.165) is 12.1 Å². The summed E-state index contributed by atoms with van der Waals surface area (Å²) < 4.78 is 43.7. The predicted molar refractivity (Wildman–Crippen MR) is 73.2 cm³/mol. The molecule has 0 atom stereocenters. The molecule has 0 bridgehead atoms. The van der Waals surface area contributed by atoms with Gasteiger partial charge in [0.05, 0.1) is 4.47 Å². The van der Waals surface area contributed by atoms with E-state index in [4.69, 9.17) is 21.6 Å². The second-order valence-electron chi connectivity index (χ2n) is 3.84. The van der Waals surface area contributed by atoms with Crippen molar-refractivity contribution in [1.29, 1.82) is 5.26 Å². The first-order chi connectivity index (χ1) is 9.81. The number of hydrogen-bond donors (Lipinski definition) is 0. The van der Waals surface area contributed by atoms with E-state index in [1.807, 2.05) is 0 Å². The quantitative estimate of drug-likeness (QED) is 0.724. The molecule has 8 heteroatoms. The lowest BCUT2D eigenvalue weighted by molar-refractivity contribution is -0.141. The van der Waals surface area contributed by atoms with Crippen LogP contribution in [0.2, 0.25) is 5.02 Å². The number of alkyl halides is 3. The summed E-state index contributed by atoms with van der Waals surface area (Å²) >= 11 is 8.93. The summed E-state index contributed by atoms with van der Waals surface area (Å²) in [5.74, 6) is -0.224. The van der Waals surface area contributed by atoms with Crippen molar-refractivity contribution in [3.8, 4) is 17.7 Å². The van der Waals surface area contributed by atoms with Crippen molar-refractivity contribution in [3.63, 3.8) is 0 Å². The van der Waals surface area contributed by atoms with Gasteiger partial charge >= 0.3 is 6.18 Å². The van der Waals surface area contributed by atoms with Crippen LogP contribution in [0.3, 0.4) is 0 Å². The molecule has 1 aromatic heterocycles. The highest BCUT2D eigenvalue weighted by atomic mass is 79.9. The number of benzene rings is 1. The number of nitriles is 1. The van der Waals surface area contributed by atoms with Gasteiger partial charge in [-0.1, -0.05) is 11.6 Å². The summed E-state index contributed by atoms with van der Waals surface area (Å²) in [5, 5.41) is 9.34. The predicted octanol–water partition coefficient (Wildman–Crippen LogP) is 5.18. The molecule has 0 amide bonds. The minimum atomic E-state index is -4.62. The highest BCUT2D eigenvalue weighted by Crippen LogP contribution is 2.34. The fourth-order valence-electron chi connectivity index (χ4n) is 1.42. The number of aromatic nitrogens is 1. The van der Waals surface area contributed by atoms with Crippen LogP contribution >= 0.6 is 27.5 Å². The van der Waals surface area contributed by atoms with Crippen LogP contribution in [0.1, 0.15) is 11.3 Å². The average Bonchev–Trinajstić information content (AvgIpc) is 2.41. The minimum Gasteiger partial charge on any atom is -0.436 e. The molecule has 0 saturated heterocycles. The van der Waals surface area contributed by atoms with Crippen LogP contribution in [-0.2, 0) is 6.18 Å². The fourth-order valence-corrected chi connectivity index (χ4v) is 2.19. The summed E-state index contributed by atoms with van der Waals surface area (Å²) in [6.07, 6.45) is -4.62. The lowest BCUT2D eigenvalue weighted by atomic mass is 10.2. The Labute approximate surface area is 131 Å². The molecule has 0 spiro atoms. The zero-order valence-corrected chi connectivity index (χ0v) is 12.4. The zero-order chi connectivity index (χ0) is 15.6. The number of hydrogen-bond acceptors (Lipinski definition) is 3. The van der Waals surface area contributed by atoms with Crippen LogP contribution in [0, 0.1) is 11.3 Å². The largest absolute Gasteiger partial charge is 0.436 e. The molecular weight excluding hydrogens is 373 g/mol. The topological polar surface area (TPSA) is 45.9 Å². The molecular formula is C13H5BrClF3N2O. The summed E-state index contributed by atoms with van der Waals surface area (Å²) in [6.45, 7) is 0. The first-order valence-electron chi connectivity index (χ1n) is 5.42. The van der Waals surface area contributed by atoms with Gasteiger partial charge in [-0.15, -0.1) is 0 Å². The van der Waals surface area contributed by atoms with E-state index in [1.165, 1.54) is 18.2 Å². The van der Waals surface area contributed by atoms with Gasteiger partial charge in [-0.2, -0.15) is 18.4 Å². The Morgan fingerprint density at radius 3 is 2.52 bits per heavy atom. The van der Waals surface area contributed by atoms with Crippen molar-refractivity contribution >= 4 is 27.5 Å². The lowest BCUT2D eigenvalue weighted by Crippen LogP contribution is -2.09. The maximum absolute atomic E-state index is 12.6. The van der Waals surface area contributed by atoms with Gasteiger partial charge in [0.15, 0.2) is 0 Å². The van der Waals surface area contributed by atoms with Gasteiger partial charge in [-0.3, -0.25) is 0 Å².